The van der Waals surface area contributed by atoms with E-state index in [1.165, 1.54) is 89.9 Å². The van der Waals surface area contributed by atoms with Gasteiger partial charge in [-0.05, 0) is 6.42 Å². The molecule has 1 N–H and O–H groups in total. The van der Waals surface area contributed by atoms with Crippen LogP contribution >= 0.6 is 0 Å². The fraction of sp³-hybridized carbons (Fsp3) is 1.00. The van der Waals surface area contributed by atoms with Crippen molar-refractivity contribution in [2.75, 3.05) is 0 Å². The van der Waals surface area contributed by atoms with Gasteiger partial charge in [0.2, 0.25) is 0 Å². The normalized spacial score (nSPS) is 14.9. The summed E-state index contributed by atoms with van der Waals surface area (Å²) in [6.45, 7) is 2.28. The van der Waals surface area contributed by atoms with E-state index in [2.05, 4.69) is 16.7 Å². The number of hydrogen-bond donors (Lipinski definition) is 1. The van der Waals surface area contributed by atoms with Crippen LogP contribution in [0.25, 0.3) is 0 Å². The molecule has 0 aromatic carbocycles. The van der Waals surface area contributed by atoms with Gasteiger partial charge in [0.1, 0.15) is 0 Å². The van der Waals surface area contributed by atoms with Crippen molar-refractivity contribution in [3.05, 3.63) is 0 Å². The third-order valence-corrected chi connectivity index (χ3v) is 4.37. The van der Waals surface area contributed by atoms with Crippen LogP contribution in [0.4, 0.5) is 0 Å². The maximum Gasteiger partial charge on any atom is 0 e. The van der Waals surface area contributed by atoms with Crippen molar-refractivity contribution in [1.82, 2.24) is 0 Å². The molecule has 0 bridgehead atoms. The Morgan fingerprint density at radius 3 is 1.22 bits per heavy atom. The van der Waals surface area contributed by atoms with Crippen molar-refractivity contribution in [2.24, 2.45) is 0 Å². The molecule has 3 nitrogen and oxygen atoms in total. The zero-order valence-corrected chi connectivity index (χ0v) is 15.4. The first kappa shape index (κ1) is 26.2. The summed E-state index contributed by atoms with van der Waals surface area (Å²) >= 11 is 0. The molecule has 1 aliphatic rings. The predicted molar refractivity (Wildman–Crippen MR) is 93.8 cm³/mol. The zero-order chi connectivity index (χ0) is 15.2. The van der Waals surface area contributed by atoms with Crippen LogP contribution in [-0.4, -0.2) is 29.9 Å². The van der Waals surface area contributed by atoms with Crippen molar-refractivity contribution < 1.29 is 31.4 Å². The van der Waals surface area contributed by atoms with Crippen molar-refractivity contribution in [1.29, 1.82) is 0 Å². The summed E-state index contributed by atoms with van der Waals surface area (Å²) < 4.78 is 0. The Labute approximate surface area is 165 Å². The van der Waals surface area contributed by atoms with Crippen LogP contribution in [0.1, 0.15) is 110 Å². The smallest absolute Gasteiger partial charge is 0 e. The van der Waals surface area contributed by atoms with Crippen LogP contribution in [0.2, 0.25) is 0 Å². The molecule has 0 spiro atoms. The van der Waals surface area contributed by atoms with Gasteiger partial charge in [0.15, 0.2) is 0 Å². The number of hydrogen-bond acceptors (Lipinski definition) is 3. The van der Waals surface area contributed by atoms with E-state index in [1.807, 2.05) is 0 Å². The van der Waals surface area contributed by atoms with E-state index in [-0.39, 0.29) is 35.4 Å². The molecule has 0 unspecified atom stereocenters. The van der Waals surface area contributed by atoms with Gasteiger partial charge in [0, 0.05) is 22.9 Å². The second-order valence-electron chi connectivity index (χ2n) is 6.58. The SMILES string of the molecule is CCCCCCCCCCCCCCCCCC1(O)OO1.[LiH].[Ni]. The van der Waals surface area contributed by atoms with Gasteiger partial charge < -0.3 is 5.11 Å². The number of rotatable bonds is 16. The summed E-state index contributed by atoms with van der Waals surface area (Å²) in [5.74, 6) is -1.21. The van der Waals surface area contributed by atoms with Gasteiger partial charge in [-0.15, -0.1) is 0 Å². The van der Waals surface area contributed by atoms with Gasteiger partial charge in [0.25, 0.3) is 0 Å². The molecule has 0 saturated carbocycles. The Morgan fingerprint density at radius 1 is 0.609 bits per heavy atom. The van der Waals surface area contributed by atoms with E-state index in [1.54, 1.807) is 0 Å². The van der Waals surface area contributed by atoms with Crippen LogP contribution in [0.5, 0.6) is 0 Å². The molecule has 1 aliphatic heterocycles. The van der Waals surface area contributed by atoms with Crippen molar-refractivity contribution in [3.8, 4) is 0 Å². The molecule has 23 heavy (non-hydrogen) atoms. The molecule has 0 aromatic heterocycles. The molecule has 138 valence electrons. The molecular weight excluding hydrogens is 330 g/mol. The standard InChI is InChI=1S/C18H36O3.Li.Ni.H/c1-2-3-4-5-6-7-8-9-10-11-12-13-14-15-16-17-18(19)20-21-18;;;/h19H,2-17H2,1H3;;;. The maximum absolute atomic E-state index is 9.29. The van der Waals surface area contributed by atoms with Gasteiger partial charge in [0.05, 0.1) is 0 Å². The molecule has 1 fully saturated rings. The molecule has 1 saturated heterocycles. The number of unbranched alkanes of at least 4 members (excludes halogenated alkanes) is 14. The van der Waals surface area contributed by atoms with Crippen LogP contribution < -0.4 is 0 Å². The Hall–Kier alpha value is 0.971. The van der Waals surface area contributed by atoms with Gasteiger partial charge >= 0.3 is 24.8 Å². The maximum atomic E-state index is 9.29. The van der Waals surface area contributed by atoms with Crippen LogP contribution in [-0.2, 0) is 26.3 Å². The largest absolute Gasteiger partial charge is 0 e. The summed E-state index contributed by atoms with van der Waals surface area (Å²) in [7, 11) is 0. The number of aliphatic hydroxyl groups is 1. The van der Waals surface area contributed by atoms with Gasteiger partial charge in [-0.3, -0.25) is 0 Å². The topological polar surface area (TPSA) is 45.3 Å². The van der Waals surface area contributed by atoms with Crippen LogP contribution in [0, 0.1) is 0 Å². The fourth-order valence-corrected chi connectivity index (χ4v) is 2.85. The van der Waals surface area contributed by atoms with Crippen molar-refractivity contribution in [3.63, 3.8) is 0 Å². The Morgan fingerprint density at radius 2 is 0.913 bits per heavy atom. The average Bonchev–Trinajstić information content (AvgIpc) is 3.21. The third-order valence-electron chi connectivity index (χ3n) is 4.37. The molecule has 0 aliphatic carbocycles. The van der Waals surface area contributed by atoms with Gasteiger partial charge in [-0.1, -0.05) is 96.8 Å². The summed E-state index contributed by atoms with van der Waals surface area (Å²) in [5, 5.41) is 9.29. The summed E-state index contributed by atoms with van der Waals surface area (Å²) in [5.41, 5.74) is 0. The second kappa shape index (κ2) is 17.8. The quantitative estimate of drug-likeness (QED) is 0.176. The van der Waals surface area contributed by atoms with Crippen LogP contribution in [0.15, 0.2) is 0 Å². The fourth-order valence-electron chi connectivity index (χ4n) is 2.85. The first-order valence-corrected chi connectivity index (χ1v) is 9.36. The molecule has 5 heteroatoms. The summed E-state index contributed by atoms with van der Waals surface area (Å²) in [6.07, 6.45) is 21.0. The minimum Gasteiger partial charge on any atom is 0 e. The van der Waals surface area contributed by atoms with E-state index in [0.717, 1.165) is 6.42 Å². The first-order chi connectivity index (χ1) is 10.3. The molecular formula is C18H37LiNiO3. The molecule has 0 aromatic rings. The van der Waals surface area contributed by atoms with E-state index < -0.39 is 5.97 Å². The average molecular weight is 367 g/mol. The molecule has 0 amide bonds. The summed E-state index contributed by atoms with van der Waals surface area (Å²) in [6, 6.07) is 0. The summed E-state index contributed by atoms with van der Waals surface area (Å²) in [4.78, 5) is 8.94. The Bertz CT molecular complexity index is 238. The van der Waals surface area contributed by atoms with Crippen LogP contribution in [0.3, 0.4) is 0 Å². The first-order valence-electron chi connectivity index (χ1n) is 9.36. The molecule has 1 heterocycles. The third kappa shape index (κ3) is 17.6. The van der Waals surface area contributed by atoms with E-state index in [9.17, 15) is 5.11 Å². The van der Waals surface area contributed by atoms with Crippen molar-refractivity contribution >= 4 is 18.9 Å². The van der Waals surface area contributed by atoms with Gasteiger partial charge in [-0.25, -0.2) is 0 Å². The minimum atomic E-state index is -1.21. The Kier molecular flexibility index (Phi) is 20.3. The Balaban J connectivity index is 0. The zero-order valence-electron chi connectivity index (χ0n) is 14.4. The van der Waals surface area contributed by atoms with E-state index >= 15 is 0 Å². The minimum absolute atomic E-state index is 0. The predicted octanol–water partition coefficient (Wildman–Crippen LogP) is 5.20. The van der Waals surface area contributed by atoms with Crippen molar-refractivity contribution in [2.45, 2.75) is 116 Å². The second-order valence-corrected chi connectivity index (χ2v) is 6.58. The molecule has 0 atom stereocenters. The van der Waals surface area contributed by atoms with Gasteiger partial charge in [-0.2, -0.15) is 9.78 Å². The molecule has 1 rings (SSSR count). The van der Waals surface area contributed by atoms with E-state index in [0.29, 0.717) is 6.42 Å². The monoisotopic (exact) mass is 366 g/mol. The molecule has 0 radical (unpaired) electrons. The van der Waals surface area contributed by atoms with E-state index in [4.69, 9.17) is 0 Å².